The first-order valence-corrected chi connectivity index (χ1v) is 11.9. The van der Waals surface area contributed by atoms with Crippen LogP contribution in [0.25, 0.3) is 5.57 Å². The molecule has 1 aliphatic heterocycles. The van der Waals surface area contributed by atoms with Crippen LogP contribution in [-0.2, 0) is 0 Å². The third kappa shape index (κ3) is 4.46. The van der Waals surface area contributed by atoms with Crippen LogP contribution in [0.3, 0.4) is 0 Å². The van der Waals surface area contributed by atoms with Gasteiger partial charge in [0.25, 0.3) is 0 Å². The second-order valence-electron chi connectivity index (χ2n) is 9.17. The highest BCUT2D eigenvalue weighted by Crippen LogP contribution is 2.31. The van der Waals surface area contributed by atoms with Crippen LogP contribution in [0.4, 0.5) is 5.69 Å². The molecule has 3 aromatic rings. The van der Waals surface area contributed by atoms with Crippen LogP contribution < -0.4 is 10.6 Å². The Labute approximate surface area is 192 Å². The van der Waals surface area contributed by atoms with E-state index in [1.807, 2.05) is 0 Å². The molecular formula is C30H34N2. The van der Waals surface area contributed by atoms with Crippen molar-refractivity contribution in [2.24, 2.45) is 15.9 Å². The molecule has 0 saturated heterocycles. The van der Waals surface area contributed by atoms with Crippen molar-refractivity contribution in [3.8, 4) is 0 Å². The molecule has 0 fully saturated rings. The van der Waals surface area contributed by atoms with Crippen LogP contribution in [0, 0.1) is 5.92 Å². The molecule has 0 aromatic heterocycles. The van der Waals surface area contributed by atoms with Gasteiger partial charge in [-0.25, -0.2) is 0 Å². The second kappa shape index (κ2) is 9.65. The highest BCUT2D eigenvalue weighted by atomic mass is 14.8. The predicted molar refractivity (Wildman–Crippen MR) is 136 cm³/mol. The molecule has 1 heterocycles. The molecule has 0 amide bonds. The lowest BCUT2D eigenvalue weighted by Gasteiger charge is -2.21. The molecule has 0 radical (unpaired) electrons. The highest BCUT2D eigenvalue weighted by Gasteiger charge is 2.20. The van der Waals surface area contributed by atoms with E-state index in [-0.39, 0.29) is 12.0 Å². The topological polar surface area (TPSA) is 24.7 Å². The van der Waals surface area contributed by atoms with Gasteiger partial charge in [0, 0.05) is 16.8 Å². The molecular weight excluding hydrogens is 388 g/mol. The summed E-state index contributed by atoms with van der Waals surface area (Å²) >= 11 is 0. The molecule has 3 aromatic carbocycles. The maximum Gasteiger partial charge on any atom is 0.0925 e. The van der Waals surface area contributed by atoms with E-state index in [4.69, 9.17) is 9.98 Å². The Morgan fingerprint density at radius 2 is 1.59 bits per heavy atom. The maximum absolute atomic E-state index is 5.31. The quantitative estimate of drug-likeness (QED) is 0.401. The third-order valence-electron chi connectivity index (χ3n) is 6.53. The fraction of sp³-hybridized carbons (Fsp3) is 0.333. The second-order valence-corrected chi connectivity index (χ2v) is 9.17. The lowest BCUT2D eigenvalue weighted by Crippen LogP contribution is -2.35. The Balaban J connectivity index is 2.05. The standard InChI is InChI=1S/C30H34N2/c1-6-28(20(2)3)32-29-25(22(5)23-13-9-7-10-14-23)17-18-26-27(19-21(4)31-30(26)29)24-15-11-8-12-16-24/h7-18,20-22H,6,19H2,1-5H3/t21-,22?/m0/s1. The molecule has 2 nitrogen and oxygen atoms in total. The van der Waals surface area contributed by atoms with Crippen molar-refractivity contribution in [2.75, 3.05) is 0 Å². The summed E-state index contributed by atoms with van der Waals surface area (Å²) in [5.41, 5.74) is 7.52. The number of benzene rings is 3. The smallest absolute Gasteiger partial charge is 0.0925 e. The van der Waals surface area contributed by atoms with Crippen molar-refractivity contribution in [1.29, 1.82) is 0 Å². The minimum atomic E-state index is 0.234. The van der Waals surface area contributed by atoms with E-state index in [9.17, 15) is 0 Å². The number of hydrogen-bond acceptors (Lipinski definition) is 2. The monoisotopic (exact) mass is 422 g/mol. The lowest BCUT2D eigenvalue weighted by molar-refractivity contribution is 0.725. The van der Waals surface area contributed by atoms with Gasteiger partial charge in [-0.1, -0.05) is 100 Å². The minimum Gasteiger partial charge on any atom is -0.279 e. The van der Waals surface area contributed by atoms with Gasteiger partial charge in [0.2, 0.25) is 0 Å². The summed E-state index contributed by atoms with van der Waals surface area (Å²) in [5.74, 6) is 0.660. The van der Waals surface area contributed by atoms with E-state index in [2.05, 4.69) is 107 Å². The number of nitrogens with zero attached hydrogens (tertiary/aromatic N) is 2. The molecule has 164 valence electrons. The van der Waals surface area contributed by atoms with Gasteiger partial charge in [-0.05, 0) is 47.9 Å². The summed E-state index contributed by atoms with van der Waals surface area (Å²) in [5, 5.41) is 2.30. The zero-order valence-corrected chi connectivity index (χ0v) is 20.0. The average Bonchev–Trinajstić information content (AvgIpc) is 2.82. The molecule has 2 atom stereocenters. The number of rotatable bonds is 6. The fourth-order valence-electron chi connectivity index (χ4n) is 4.70. The first-order chi connectivity index (χ1) is 15.5. The molecule has 4 rings (SSSR count). The van der Waals surface area contributed by atoms with E-state index in [0.29, 0.717) is 5.92 Å². The van der Waals surface area contributed by atoms with Crippen LogP contribution in [-0.4, -0.2) is 11.8 Å². The summed E-state index contributed by atoms with van der Waals surface area (Å²) in [4.78, 5) is 10.5. The van der Waals surface area contributed by atoms with Crippen LogP contribution in [0.2, 0.25) is 0 Å². The lowest BCUT2D eigenvalue weighted by atomic mass is 9.88. The van der Waals surface area contributed by atoms with Crippen molar-refractivity contribution in [2.45, 2.75) is 59.4 Å². The third-order valence-corrected chi connectivity index (χ3v) is 6.53. The first kappa shape index (κ1) is 22.2. The van der Waals surface area contributed by atoms with Crippen molar-refractivity contribution < 1.29 is 0 Å². The zero-order chi connectivity index (χ0) is 22.7. The van der Waals surface area contributed by atoms with E-state index in [1.54, 1.807) is 0 Å². The molecule has 1 aliphatic rings. The van der Waals surface area contributed by atoms with Crippen molar-refractivity contribution >= 4 is 17.0 Å². The van der Waals surface area contributed by atoms with Crippen LogP contribution in [0.1, 0.15) is 70.1 Å². The molecule has 0 spiro atoms. The van der Waals surface area contributed by atoms with Gasteiger partial charge < -0.3 is 0 Å². The SMILES string of the molecule is CCC(=Nc1c(C(C)c2ccccc2)ccc2c1=N[C@@H](C)CC=2c1ccccc1)C(C)C. The normalized spacial score (nSPS) is 17.1. The van der Waals surface area contributed by atoms with Crippen molar-refractivity contribution in [3.63, 3.8) is 0 Å². The number of fused-ring (bicyclic) bond motifs is 1. The molecule has 0 N–H and O–H groups in total. The summed E-state index contributed by atoms with van der Waals surface area (Å²) in [6.07, 6.45) is 1.91. The Hall–Kier alpha value is -3.00. The Morgan fingerprint density at radius 1 is 0.938 bits per heavy atom. The molecule has 32 heavy (non-hydrogen) atoms. The van der Waals surface area contributed by atoms with Gasteiger partial charge in [0.05, 0.1) is 17.1 Å². The summed E-state index contributed by atoms with van der Waals surface area (Å²) in [7, 11) is 0. The summed E-state index contributed by atoms with van der Waals surface area (Å²) < 4.78 is 0. The Morgan fingerprint density at radius 3 is 2.22 bits per heavy atom. The number of aliphatic imine (C=N–C) groups is 1. The van der Waals surface area contributed by atoms with Crippen LogP contribution >= 0.6 is 0 Å². The van der Waals surface area contributed by atoms with Gasteiger partial charge in [0.1, 0.15) is 0 Å². The minimum absolute atomic E-state index is 0.234. The fourth-order valence-corrected chi connectivity index (χ4v) is 4.70. The predicted octanol–water partition coefficient (Wildman–Crippen LogP) is 6.59. The van der Waals surface area contributed by atoms with E-state index in [0.717, 1.165) is 23.9 Å². The van der Waals surface area contributed by atoms with E-state index < -0.39 is 0 Å². The van der Waals surface area contributed by atoms with Gasteiger partial charge in [-0.2, -0.15) is 0 Å². The van der Waals surface area contributed by atoms with Crippen molar-refractivity contribution in [3.05, 3.63) is 100 Å². The van der Waals surface area contributed by atoms with Gasteiger partial charge >= 0.3 is 0 Å². The molecule has 0 aliphatic carbocycles. The Kier molecular flexibility index (Phi) is 6.69. The average molecular weight is 423 g/mol. The zero-order valence-electron chi connectivity index (χ0n) is 20.0. The van der Waals surface area contributed by atoms with Crippen LogP contribution in [0.15, 0.2) is 82.8 Å². The maximum atomic E-state index is 5.31. The van der Waals surface area contributed by atoms with Crippen molar-refractivity contribution in [1.82, 2.24) is 0 Å². The van der Waals surface area contributed by atoms with E-state index in [1.165, 1.54) is 33.2 Å². The molecule has 0 saturated carbocycles. The summed E-state index contributed by atoms with van der Waals surface area (Å²) in [6.45, 7) is 11.2. The first-order valence-electron chi connectivity index (χ1n) is 11.9. The summed E-state index contributed by atoms with van der Waals surface area (Å²) in [6, 6.07) is 26.3. The van der Waals surface area contributed by atoms with Gasteiger partial charge in [-0.15, -0.1) is 0 Å². The molecule has 0 bridgehead atoms. The highest BCUT2D eigenvalue weighted by molar-refractivity contribution is 5.88. The largest absolute Gasteiger partial charge is 0.279 e. The molecule has 1 unspecified atom stereocenters. The van der Waals surface area contributed by atoms with Gasteiger partial charge in [0.15, 0.2) is 0 Å². The Bertz CT molecular complexity index is 1220. The van der Waals surface area contributed by atoms with Gasteiger partial charge in [-0.3, -0.25) is 9.98 Å². The van der Waals surface area contributed by atoms with Crippen LogP contribution in [0.5, 0.6) is 0 Å². The molecule has 2 heteroatoms. The number of hydrogen-bond donors (Lipinski definition) is 0. The van der Waals surface area contributed by atoms with E-state index >= 15 is 0 Å².